The van der Waals surface area contributed by atoms with Crippen LogP contribution in [0.3, 0.4) is 0 Å². The molecule has 1 aromatic heterocycles. The molecule has 0 aliphatic carbocycles. The topological polar surface area (TPSA) is 54.3 Å². The average molecular weight is 520 g/mol. The lowest BCUT2D eigenvalue weighted by molar-refractivity contribution is -0.138. The van der Waals surface area contributed by atoms with E-state index in [4.69, 9.17) is 0 Å². The Bertz CT molecular complexity index is 1340. The zero-order chi connectivity index (χ0) is 26.5. The zero-order valence-corrected chi connectivity index (χ0v) is 20.4. The number of hydrogen-bond acceptors (Lipinski definition) is 4. The number of carbonyl (C=O) groups excluding carboxylic acids is 1. The minimum absolute atomic E-state index is 0.0267. The third kappa shape index (κ3) is 5.09. The van der Waals surface area contributed by atoms with Crippen LogP contribution in [0.1, 0.15) is 57.7 Å². The molecule has 2 aliphatic heterocycles. The summed E-state index contributed by atoms with van der Waals surface area (Å²) in [7, 11) is 1.85. The molecule has 0 bridgehead atoms. The van der Waals surface area contributed by atoms with E-state index in [1.54, 1.807) is 18.5 Å². The molecule has 0 spiro atoms. The highest BCUT2D eigenvalue weighted by molar-refractivity contribution is 6.10. The van der Waals surface area contributed by atoms with E-state index in [1.807, 2.05) is 30.7 Å². The lowest BCUT2D eigenvalue weighted by Gasteiger charge is -2.19. The number of aryl methyl sites for hydroxylation is 1. The number of rotatable bonds is 6. The highest BCUT2D eigenvalue weighted by Gasteiger charge is 2.42. The van der Waals surface area contributed by atoms with Crippen LogP contribution in [-0.4, -0.2) is 44.6 Å². The van der Waals surface area contributed by atoms with Gasteiger partial charge in [0, 0.05) is 44.2 Å². The van der Waals surface area contributed by atoms with E-state index in [0.29, 0.717) is 12.1 Å². The first kappa shape index (κ1) is 25.3. The van der Waals surface area contributed by atoms with Crippen LogP contribution in [0.25, 0.3) is 0 Å². The quantitative estimate of drug-likeness (QED) is 0.421. The fourth-order valence-electron chi connectivity index (χ4n) is 5.10. The molecule has 37 heavy (non-hydrogen) atoms. The number of likely N-dealkylation sites (tertiary alicyclic amines) is 1. The summed E-state index contributed by atoms with van der Waals surface area (Å²) in [6.07, 6.45) is -2.80. The van der Waals surface area contributed by atoms with Crippen LogP contribution < -0.4 is 4.90 Å². The van der Waals surface area contributed by atoms with Gasteiger partial charge in [-0.15, -0.1) is 10.2 Å². The summed E-state index contributed by atoms with van der Waals surface area (Å²) in [5.41, 5.74) is 0.589. The molecule has 2 aromatic carbocycles. The minimum Gasteiger partial charge on any atom is -0.321 e. The monoisotopic (exact) mass is 519 g/mol. The Balaban J connectivity index is 1.42. The van der Waals surface area contributed by atoms with Gasteiger partial charge in [-0.1, -0.05) is 19.1 Å². The van der Waals surface area contributed by atoms with Gasteiger partial charge in [0.2, 0.25) is 0 Å². The van der Waals surface area contributed by atoms with Gasteiger partial charge in [0.25, 0.3) is 11.8 Å². The minimum atomic E-state index is -4.68. The van der Waals surface area contributed by atoms with Crippen LogP contribution in [-0.2, 0) is 32.7 Å². The van der Waals surface area contributed by atoms with E-state index in [2.05, 4.69) is 10.2 Å². The molecule has 6 nitrogen and oxygen atoms in total. The summed E-state index contributed by atoms with van der Waals surface area (Å²) in [6.45, 7) is 1.29. The lowest BCUT2D eigenvalue weighted by atomic mass is 9.97. The van der Waals surface area contributed by atoms with Gasteiger partial charge in [-0.05, 0) is 46.9 Å². The molecule has 0 saturated carbocycles. The number of nitrogens with zero attached hydrogens (tertiary/aromatic N) is 5. The molecule has 0 N–H and O–H groups in total. The van der Waals surface area contributed by atoms with Crippen molar-refractivity contribution >= 4 is 11.6 Å². The van der Waals surface area contributed by atoms with Gasteiger partial charge in [0.05, 0.1) is 18.7 Å². The molecule has 0 radical (unpaired) electrons. The van der Waals surface area contributed by atoms with E-state index in [0.717, 1.165) is 17.5 Å². The zero-order valence-electron chi connectivity index (χ0n) is 20.4. The lowest BCUT2D eigenvalue weighted by Crippen LogP contribution is -2.25. The first-order valence-corrected chi connectivity index (χ1v) is 12.0. The summed E-state index contributed by atoms with van der Waals surface area (Å²) in [5, 5.41) is 7.99. The molecule has 3 aromatic rings. The predicted octanol–water partition coefficient (Wildman–Crippen LogP) is 5.18. The second kappa shape index (κ2) is 9.20. The van der Waals surface area contributed by atoms with Crippen LogP contribution in [0.2, 0.25) is 0 Å². The van der Waals surface area contributed by atoms with Crippen molar-refractivity contribution in [2.24, 2.45) is 7.05 Å². The molecule has 1 atom stereocenters. The SMILES string of the molecule is C[C@H](Cc1nncn1C)c1cccc(N2Cc3c(cc(CN4CCC(F)(F)C4)cc3C(F)(F)F)C2=O)c1. The number of aromatic nitrogens is 3. The highest BCUT2D eigenvalue weighted by Crippen LogP contribution is 2.40. The van der Waals surface area contributed by atoms with E-state index < -0.39 is 30.1 Å². The van der Waals surface area contributed by atoms with Crippen molar-refractivity contribution < 1.29 is 26.7 Å². The van der Waals surface area contributed by atoms with E-state index >= 15 is 0 Å². The van der Waals surface area contributed by atoms with Gasteiger partial charge >= 0.3 is 6.18 Å². The Morgan fingerprint density at radius 1 is 1.16 bits per heavy atom. The van der Waals surface area contributed by atoms with Crippen molar-refractivity contribution in [1.29, 1.82) is 0 Å². The van der Waals surface area contributed by atoms with Crippen LogP contribution >= 0.6 is 0 Å². The van der Waals surface area contributed by atoms with Gasteiger partial charge < -0.3 is 9.47 Å². The van der Waals surface area contributed by atoms with Crippen molar-refractivity contribution in [2.75, 3.05) is 18.0 Å². The van der Waals surface area contributed by atoms with Gasteiger partial charge in [0.15, 0.2) is 0 Å². The first-order valence-electron chi connectivity index (χ1n) is 12.0. The fourth-order valence-corrected chi connectivity index (χ4v) is 5.10. The maximum atomic E-state index is 14.0. The van der Waals surface area contributed by atoms with Crippen molar-refractivity contribution in [2.45, 2.75) is 50.9 Å². The molecule has 5 rings (SSSR count). The summed E-state index contributed by atoms with van der Waals surface area (Å²) < 4.78 is 71.1. The second-order valence-corrected chi connectivity index (χ2v) is 9.93. The molecule has 0 unspecified atom stereocenters. The van der Waals surface area contributed by atoms with E-state index in [9.17, 15) is 26.7 Å². The van der Waals surface area contributed by atoms with Crippen LogP contribution in [0, 0.1) is 0 Å². The molecule has 1 amide bonds. The Hall–Kier alpha value is -3.34. The third-order valence-electron chi connectivity index (χ3n) is 7.11. The predicted molar refractivity (Wildman–Crippen MR) is 126 cm³/mol. The van der Waals surface area contributed by atoms with Gasteiger partial charge in [0.1, 0.15) is 12.2 Å². The van der Waals surface area contributed by atoms with Crippen LogP contribution in [0.4, 0.5) is 27.6 Å². The normalized spacial score (nSPS) is 18.5. The number of fused-ring (bicyclic) bond motifs is 1. The van der Waals surface area contributed by atoms with E-state index in [1.165, 1.54) is 15.9 Å². The van der Waals surface area contributed by atoms with Gasteiger partial charge in [-0.2, -0.15) is 13.2 Å². The summed E-state index contributed by atoms with van der Waals surface area (Å²) >= 11 is 0. The smallest absolute Gasteiger partial charge is 0.321 e. The van der Waals surface area contributed by atoms with E-state index in [-0.39, 0.29) is 48.7 Å². The fraction of sp³-hybridized carbons (Fsp3) is 0.423. The number of benzene rings is 2. The largest absolute Gasteiger partial charge is 0.416 e. The highest BCUT2D eigenvalue weighted by atomic mass is 19.4. The molecule has 1 saturated heterocycles. The average Bonchev–Trinajstić information content (AvgIpc) is 3.50. The number of halogens is 5. The van der Waals surface area contributed by atoms with Crippen LogP contribution in [0.15, 0.2) is 42.7 Å². The number of alkyl halides is 5. The van der Waals surface area contributed by atoms with Gasteiger partial charge in [-0.25, -0.2) is 8.78 Å². The van der Waals surface area contributed by atoms with Crippen molar-refractivity contribution in [3.8, 4) is 0 Å². The Kier molecular flexibility index (Phi) is 6.29. The molecular formula is C26H26F5N5O. The second-order valence-electron chi connectivity index (χ2n) is 9.93. The van der Waals surface area contributed by atoms with Gasteiger partial charge in [-0.3, -0.25) is 9.69 Å². The summed E-state index contributed by atoms with van der Waals surface area (Å²) in [5.74, 6) is -2.57. The summed E-state index contributed by atoms with van der Waals surface area (Å²) in [6, 6.07) is 9.60. The molecule has 196 valence electrons. The standard InChI is InChI=1S/C26H26F5N5O/c1-16(8-23-33-32-15-34(23)2)18-4-3-5-19(11-18)36-13-21-20(24(36)37)9-17(10-22(21)26(29,30)31)12-35-7-6-25(27,28)14-35/h3-5,9-11,15-16H,6-8,12-14H2,1-2H3/t16-/m1/s1. The third-order valence-corrected chi connectivity index (χ3v) is 7.11. The number of anilines is 1. The Morgan fingerprint density at radius 3 is 2.59 bits per heavy atom. The van der Waals surface area contributed by atoms with Crippen molar-refractivity contribution in [3.05, 3.63) is 76.4 Å². The van der Waals surface area contributed by atoms with Crippen molar-refractivity contribution in [1.82, 2.24) is 19.7 Å². The van der Waals surface area contributed by atoms with Crippen molar-refractivity contribution in [3.63, 3.8) is 0 Å². The summed E-state index contributed by atoms with van der Waals surface area (Å²) in [4.78, 5) is 16.1. The first-order chi connectivity index (χ1) is 17.4. The number of carbonyl (C=O) groups is 1. The Labute approximate surface area is 210 Å². The molecular weight excluding hydrogens is 493 g/mol. The molecule has 11 heteroatoms. The number of hydrogen-bond donors (Lipinski definition) is 0. The maximum absolute atomic E-state index is 14.0. The molecule has 1 fully saturated rings. The number of amides is 1. The molecule has 3 heterocycles. The molecule has 2 aliphatic rings. The maximum Gasteiger partial charge on any atom is 0.416 e. The van der Waals surface area contributed by atoms with Crippen LogP contribution in [0.5, 0.6) is 0 Å². The Morgan fingerprint density at radius 2 is 1.95 bits per heavy atom.